The van der Waals surface area contributed by atoms with Gasteiger partial charge in [-0.25, -0.2) is 4.98 Å². The number of hydrogen-bond donors (Lipinski definition) is 1. The molecule has 0 bridgehead atoms. The molecule has 0 radical (unpaired) electrons. The van der Waals surface area contributed by atoms with E-state index in [0.29, 0.717) is 42.1 Å². The van der Waals surface area contributed by atoms with Crippen molar-refractivity contribution in [2.75, 3.05) is 25.1 Å². The minimum absolute atomic E-state index is 0.0616. The maximum atomic E-state index is 12.1. The van der Waals surface area contributed by atoms with Gasteiger partial charge in [-0.05, 0) is 12.1 Å². The van der Waals surface area contributed by atoms with Crippen LogP contribution in [0.4, 0.5) is 5.69 Å². The Kier molecular flexibility index (Phi) is 6.47. The zero-order valence-electron chi connectivity index (χ0n) is 16.8. The van der Waals surface area contributed by atoms with E-state index in [9.17, 15) is 9.59 Å². The highest BCUT2D eigenvalue weighted by Crippen LogP contribution is 2.32. The molecule has 1 amide bonds. The summed E-state index contributed by atoms with van der Waals surface area (Å²) in [5.74, 6) is 1.35. The monoisotopic (exact) mass is 422 g/mol. The van der Waals surface area contributed by atoms with Gasteiger partial charge in [-0.3, -0.25) is 9.59 Å². The minimum Gasteiger partial charge on any atom is -0.490 e. The zero-order chi connectivity index (χ0) is 21.5. The van der Waals surface area contributed by atoms with Crippen LogP contribution in [0.3, 0.4) is 0 Å². The number of aromatic nitrogens is 1. The van der Waals surface area contributed by atoms with Crippen molar-refractivity contribution in [1.29, 1.82) is 0 Å². The predicted octanol–water partition coefficient (Wildman–Crippen LogP) is 3.62. The lowest BCUT2D eigenvalue weighted by Crippen LogP contribution is -2.21. The Morgan fingerprint density at radius 1 is 1.03 bits per heavy atom. The van der Waals surface area contributed by atoms with Crippen molar-refractivity contribution in [3.8, 4) is 22.8 Å². The number of nitrogens with one attached hydrogen (secondary N) is 1. The topological polar surface area (TPSA) is 99.9 Å². The first-order valence-corrected chi connectivity index (χ1v) is 10.0. The molecule has 0 spiro atoms. The van der Waals surface area contributed by atoms with Gasteiger partial charge in [-0.15, -0.1) is 0 Å². The summed E-state index contributed by atoms with van der Waals surface area (Å²) < 4.78 is 21.9. The third kappa shape index (κ3) is 5.63. The van der Waals surface area contributed by atoms with Crippen molar-refractivity contribution in [2.45, 2.75) is 19.3 Å². The Morgan fingerprint density at radius 3 is 2.68 bits per heavy atom. The standard InChI is InChI=1S/C23H22N2O6/c26-21(25-17-7-8-18-19(13-17)29-12-4-11-28-18)15-30-23(27)10-9-22-24-14-20(31-22)16-5-2-1-3-6-16/h1-3,5-8,13-14H,4,9-12,15H2,(H,25,26). The molecule has 0 atom stereocenters. The van der Waals surface area contributed by atoms with Gasteiger partial charge in [0, 0.05) is 30.2 Å². The summed E-state index contributed by atoms with van der Waals surface area (Å²) in [7, 11) is 0. The van der Waals surface area contributed by atoms with Crippen molar-refractivity contribution in [1.82, 2.24) is 4.98 Å². The molecule has 8 nitrogen and oxygen atoms in total. The van der Waals surface area contributed by atoms with E-state index in [1.807, 2.05) is 30.3 Å². The molecule has 0 saturated carbocycles. The Labute approximate surface area is 179 Å². The number of rotatable bonds is 7. The lowest BCUT2D eigenvalue weighted by molar-refractivity contribution is -0.147. The fourth-order valence-corrected chi connectivity index (χ4v) is 3.03. The SMILES string of the molecule is O=C(COC(=O)CCc1ncc(-c2ccccc2)o1)Nc1ccc2c(c1)OCCCO2. The van der Waals surface area contributed by atoms with Crippen molar-refractivity contribution in [3.63, 3.8) is 0 Å². The average Bonchev–Trinajstić information content (AvgIpc) is 3.15. The van der Waals surface area contributed by atoms with E-state index in [4.69, 9.17) is 18.6 Å². The number of oxazole rings is 1. The average molecular weight is 422 g/mol. The molecule has 2 aromatic carbocycles. The van der Waals surface area contributed by atoms with Gasteiger partial charge in [0.25, 0.3) is 5.91 Å². The maximum absolute atomic E-state index is 12.1. The number of aryl methyl sites for hydroxylation is 1. The summed E-state index contributed by atoms with van der Waals surface area (Å²) in [5.41, 5.74) is 1.45. The van der Waals surface area contributed by atoms with Crippen LogP contribution in [0.25, 0.3) is 11.3 Å². The Hall–Kier alpha value is -3.81. The van der Waals surface area contributed by atoms with E-state index in [-0.39, 0.29) is 19.4 Å². The number of benzene rings is 2. The van der Waals surface area contributed by atoms with Crippen LogP contribution in [0.15, 0.2) is 59.1 Å². The first-order valence-electron chi connectivity index (χ1n) is 10.0. The van der Waals surface area contributed by atoms with Crippen molar-refractivity contribution in [2.24, 2.45) is 0 Å². The van der Waals surface area contributed by atoms with Crippen LogP contribution < -0.4 is 14.8 Å². The summed E-state index contributed by atoms with van der Waals surface area (Å²) in [6, 6.07) is 14.7. The van der Waals surface area contributed by atoms with E-state index in [1.54, 1.807) is 24.4 Å². The molecule has 1 aliphatic heterocycles. The van der Waals surface area contributed by atoms with Gasteiger partial charge in [0.15, 0.2) is 29.8 Å². The molecule has 160 valence electrons. The van der Waals surface area contributed by atoms with Crippen LogP contribution in [0.5, 0.6) is 11.5 Å². The van der Waals surface area contributed by atoms with Crippen LogP contribution in [0, 0.1) is 0 Å². The fraction of sp³-hybridized carbons (Fsp3) is 0.261. The first-order chi connectivity index (χ1) is 15.2. The van der Waals surface area contributed by atoms with Crippen molar-refractivity contribution < 1.29 is 28.2 Å². The highest BCUT2D eigenvalue weighted by atomic mass is 16.5. The lowest BCUT2D eigenvalue weighted by atomic mass is 10.2. The summed E-state index contributed by atoms with van der Waals surface area (Å²) >= 11 is 0. The second-order valence-electron chi connectivity index (χ2n) is 6.91. The van der Waals surface area contributed by atoms with Crippen molar-refractivity contribution >= 4 is 17.6 Å². The number of hydrogen-bond acceptors (Lipinski definition) is 7. The Morgan fingerprint density at radius 2 is 1.84 bits per heavy atom. The summed E-state index contributed by atoms with van der Waals surface area (Å²) in [4.78, 5) is 28.2. The van der Waals surface area contributed by atoms with Gasteiger partial charge in [-0.2, -0.15) is 0 Å². The number of anilines is 1. The number of amides is 1. The molecule has 2 heterocycles. The van der Waals surface area contributed by atoms with E-state index in [0.717, 1.165) is 12.0 Å². The number of fused-ring (bicyclic) bond motifs is 1. The van der Waals surface area contributed by atoms with E-state index in [1.165, 1.54) is 0 Å². The molecule has 1 N–H and O–H groups in total. The lowest BCUT2D eigenvalue weighted by Gasteiger charge is -2.10. The van der Waals surface area contributed by atoms with Crippen LogP contribution >= 0.6 is 0 Å². The molecule has 0 saturated heterocycles. The molecule has 8 heteroatoms. The van der Waals surface area contributed by atoms with Gasteiger partial charge >= 0.3 is 5.97 Å². The molecule has 1 aliphatic rings. The highest BCUT2D eigenvalue weighted by molar-refractivity contribution is 5.93. The zero-order valence-corrected chi connectivity index (χ0v) is 16.8. The van der Waals surface area contributed by atoms with Gasteiger partial charge < -0.3 is 23.9 Å². The molecule has 0 fully saturated rings. The maximum Gasteiger partial charge on any atom is 0.306 e. The van der Waals surface area contributed by atoms with E-state index >= 15 is 0 Å². The normalized spacial score (nSPS) is 12.6. The number of carbonyl (C=O) groups excluding carboxylic acids is 2. The van der Waals surface area contributed by atoms with Crippen LogP contribution in [0.1, 0.15) is 18.7 Å². The third-order valence-corrected chi connectivity index (χ3v) is 4.55. The number of carbonyl (C=O) groups is 2. The minimum atomic E-state index is -0.506. The van der Waals surface area contributed by atoms with Crippen LogP contribution in [-0.4, -0.2) is 36.7 Å². The molecule has 4 rings (SSSR count). The van der Waals surface area contributed by atoms with Crippen molar-refractivity contribution in [3.05, 3.63) is 60.6 Å². The van der Waals surface area contributed by atoms with Crippen LogP contribution in [0.2, 0.25) is 0 Å². The predicted molar refractivity (Wildman–Crippen MR) is 112 cm³/mol. The molecule has 0 aliphatic carbocycles. The largest absolute Gasteiger partial charge is 0.490 e. The first kappa shape index (κ1) is 20.5. The van der Waals surface area contributed by atoms with Gasteiger partial charge in [-0.1, -0.05) is 30.3 Å². The Balaban J connectivity index is 1.21. The molecule has 1 aromatic heterocycles. The van der Waals surface area contributed by atoms with Gasteiger partial charge in [0.05, 0.1) is 25.8 Å². The third-order valence-electron chi connectivity index (χ3n) is 4.55. The van der Waals surface area contributed by atoms with E-state index < -0.39 is 11.9 Å². The molecular formula is C23H22N2O6. The number of ether oxygens (including phenoxy) is 3. The van der Waals surface area contributed by atoms with E-state index in [2.05, 4.69) is 10.3 Å². The number of esters is 1. The number of nitrogens with zero attached hydrogens (tertiary/aromatic N) is 1. The smallest absolute Gasteiger partial charge is 0.306 e. The fourth-order valence-electron chi connectivity index (χ4n) is 3.03. The molecular weight excluding hydrogens is 400 g/mol. The summed E-state index contributed by atoms with van der Waals surface area (Å²) in [6.07, 6.45) is 2.77. The van der Waals surface area contributed by atoms with Crippen LogP contribution in [-0.2, 0) is 20.7 Å². The summed E-state index contributed by atoms with van der Waals surface area (Å²) in [5, 5.41) is 2.68. The second kappa shape index (κ2) is 9.80. The Bertz CT molecular complexity index is 1050. The summed E-state index contributed by atoms with van der Waals surface area (Å²) in [6.45, 7) is 0.767. The van der Waals surface area contributed by atoms with Gasteiger partial charge in [0.2, 0.25) is 0 Å². The molecule has 31 heavy (non-hydrogen) atoms. The van der Waals surface area contributed by atoms with Gasteiger partial charge in [0.1, 0.15) is 0 Å². The quantitative estimate of drug-likeness (QED) is 0.581. The molecule has 3 aromatic rings. The second-order valence-corrected chi connectivity index (χ2v) is 6.91. The highest BCUT2D eigenvalue weighted by Gasteiger charge is 2.14. The molecule has 0 unspecified atom stereocenters.